The largest absolute Gasteiger partial charge is 0.352 e. The molecule has 0 bridgehead atoms. The Hall–Kier alpha value is -0.810. The van der Waals surface area contributed by atoms with Crippen molar-refractivity contribution in [2.45, 2.75) is 59.0 Å². The van der Waals surface area contributed by atoms with E-state index in [1.54, 1.807) is 0 Å². The van der Waals surface area contributed by atoms with Gasteiger partial charge in [-0.05, 0) is 25.2 Å². The molecule has 1 fully saturated rings. The number of piperidine rings is 1. The summed E-state index contributed by atoms with van der Waals surface area (Å²) in [5, 5.41) is 3.01. The topological polar surface area (TPSA) is 75.4 Å². The number of likely N-dealkylation sites (tertiary alicyclic amines) is 1. The van der Waals surface area contributed by atoms with Crippen LogP contribution in [-0.4, -0.2) is 41.9 Å². The number of carbonyl (C=O) groups excluding carboxylic acids is 2. The minimum Gasteiger partial charge on any atom is -0.352 e. The normalized spacial score (nSPS) is 17.6. The smallest absolute Gasteiger partial charge is 0.237 e. The van der Waals surface area contributed by atoms with Gasteiger partial charge in [0.1, 0.15) is 0 Å². The standard InChI is InChI=1S/C15H29N3O2.ClH/c1-10(2)9-13(16)14(19)17-12-5-7-18(8-6-12)15(20)11(3)4;/h10-13H,5-9,16H2,1-4H3,(H,17,19);1H/t13-;/m0./s1. The third-order valence-corrected chi connectivity index (χ3v) is 3.71. The molecule has 124 valence electrons. The second-order valence-electron chi connectivity index (χ2n) is 6.50. The zero-order valence-corrected chi connectivity index (χ0v) is 14.4. The maximum Gasteiger partial charge on any atom is 0.237 e. The van der Waals surface area contributed by atoms with Gasteiger partial charge < -0.3 is 16.0 Å². The number of hydrogen-bond donors (Lipinski definition) is 2. The molecule has 2 amide bonds. The Bertz CT molecular complexity index is 340. The zero-order valence-electron chi connectivity index (χ0n) is 13.6. The van der Waals surface area contributed by atoms with Gasteiger partial charge in [0.05, 0.1) is 6.04 Å². The van der Waals surface area contributed by atoms with Gasteiger partial charge in [-0.15, -0.1) is 12.4 Å². The minimum absolute atomic E-state index is 0. The molecular formula is C15H30ClN3O2. The Kier molecular flexibility index (Phi) is 8.90. The zero-order chi connectivity index (χ0) is 15.3. The fourth-order valence-corrected chi connectivity index (χ4v) is 2.53. The maximum absolute atomic E-state index is 12.0. The monoisotopic (exact) mass is 319 g/mol. The average Bonchev–Trinajstić information content (AvgIpc) is 2.37. The van der Waals surface area contributed by atoms with Crippen molar-refractivity contribution < 1.29 is 9.59 Å². The van der Waals surface area contributed by atoms with E-state index in [0.29, 0.717) is 12.3 Å². The van der Waals surface area contributed by atoms with Crippen molar-refractivity contribution in [1.29, 1.82) is 0 Å². The third-order valence-electron chi connectivity index (χ3n) is 3.71. The minimum atomic E-state index is -0.426. The van der Waals surface area contributed by atoms with Crippen LogP contribution < -0.4 is 11.1 Å². The summed E-state index contributed by atoms with van der Waals surface area (Å²) in [5.41, 5.74) is 5.87. The molecule has 1 atom stereocenters. The number of rotatable bonds is 5. The lowest BCUT2D eigenvalue weighted by atomic mass is 10.0. The molecule has 0 saturated carbocycles. The number of amides is 2. The molecular weight excluding hydrogens is 290 g/mol. The number of halogens is 1. The molecule has 1 heterocycles. The lowest BCUT2D eigenvalue weighted by Gasteiger charge is -2.34. The van der Waals surface area contributed by atoms with Gasteiger partial charge in [0.15, 0.2) is 0 Å². The van der Waals surface area contributed by atoms with E-state index >= 15 is 0 Å². The molecule has 21 heavy (non-hydrogen) atoms. The van der Waals surface area contributed by atoms with E-state index in [-0.39, 0.29) is 36.2 Å². The number of nitrogens with zero attached hydrogens (tertiary/aromatic N) is 1. The molecule has 0 radical (unpaired) electrons. The highest BCUT2D eigenvalue weighted by Gasteiger charge is 2.26. The van der Waals surface area contributed by atoms with Gasteiger partial charge in [0, 0.05) is 25.0 Å². The van der Waals surface area contributed by atoms with Gasteiger partial charge in [-0.1, -0.05) is 27.7 Å². The van der Waals surface area contributed by atoms with E-state index in [0.717, 1.165) is 25.9 Å². The van der Waals surface area contributed by atoms with Gasteiger partial charge in [0.2, 0.25) is 11.8 Å². The predicted molar refractivity (Wildman–Crippen MR) is 87.3 cm³/mol. The first-order chi connectivity index (χ1) is 9.31. The fraction of sp³-hybridized carbons (Fsp3) is 0.867. The molecule has 0 aromatic rings. The van der Waals surface area contributed by atoms with Crippen LogP contribution in [0.2, 0.25) is 0 Å². The van der Waals surface area contributed by atoms with E-state index in [2.05, 4.69) is 19.2 Å². The second-order valence-corrected chi connectivity index (χ2v) is 6.50. The molecule has 6 heteroatoms. The van der Waals surface area contributed by atoms with Gasteiger partial charge in [0.25, 0.3) is 0 Å². The van der Waals surface area contributed by atoms with Crippen LogP contribution in [0.25, 0.3) is 0 Å². The van der Waals surface area contributed by atoms with E-state index in [1.165, 1.54) is 0 Å². The maximum atomic E-state index is 12.0. The Labute approximate surface area is 134 Å². The molecule has 0 spiro atoms. The molecule has 1 saturated heterocycles. The first-order valence-corrected chi connectivity index (χ1v) is 7.66. The predicted octanol–water partition coefficient (Wildman–Crippen LogP) is 1.54. The molecule has 1 aliphatic heterocycles. The summed E-state index contributed by atoms with van der Waals surface area (Å²) >= 11 is 0. The Morgan fingerprint density at radius 3 is 2.14 bits per heavy atom. The van der Waals surface area contributed by atoms with Crippen molar-refractivity contribution in [1.82, 2.24) is 10.2 Å². The molecule has 0 unspecified atom stereocenters. The van der Waals surface area contributed by atoms with E-state index in [9.17, 15) is 9.59 Å². The summed E-state index contributed by atoms with van der Waals surface area (Å²) in [6.07, 6.45) is 2.34. The third kappa shape index (κ3) is 6.66. The Morgan fingerprint density at radius 2 is 1.71 bits per heavy atom. The Balaban J connectivity index is 0.00000400. The lowest BCUT2D eigenvalue weighted by molar-refractivity contribution is -0.135. The summed E-state index contributed by atoms with van der Waals surface area (Å²) < 4.78 is 0. The van der Waals surface area contributed by atoms with Gasteiger partial charge in [-0.25, -0.2) is 0 Å². The van der Waals surface area contributed by atoms with Crippen LogP contribution in [0.15, 0.2) is 0 Å². The summed E-state index contributed by atoms with van der Waals surface area (Å²) in [4.78, 5) is 25.7. The quantitative estimate of drug-likeness (QED) is 0.807. The molecule has 3 N–H and O–H groups in total. The van der Waals surface area contributed by atoms with E-state index in [1.807, 2.05) is 18.7 Å². The average molecular weight is 320 g/mol. The van der Waals surface area contributed by atoms with Crippen molar-refractivity contribution in [3.05, 3.63) is 0 Å². The summed E-state index contributed by atoms with van der Waals surface area (Å²) in [6, 6.07) is -0.276. The summed E-state index contributed by atoms with van der Waals surface area (Å²) in [7, 11) is 0. The molecule has 0 aromatic heterocycles. The Morgan fingerprint density at radius 1 is 1.19 bits per heavy atom. The SMILES string of the molecule is CC(C)C[C@H](N)C(=O)NC1CCN(C(=O)C(C)C)CC1.Cl. The van der Waals surface area contributed by atoms with Gasteiger partial charge in [-0.3, -0.25) is 9.59 Å². The molecule has 5 nitrogen and oxygen atoms in total. The molecule has 1 aliphatic rings. The van der Waals surface area contributed by atoms with Crippen molar-refractivity contribution >= 4 is 24.2 Å². The highest BCUT2D eigenvalue weighted by atomic mass is 35.5. The van der Waals surface area contributed by atoms with Crippen LogP contribution in [0, 0.1) is 11.8 Å². The van der Waals surface area contributed by atoms with Crippen molar-refractivity contribution in [3.63, 3.8) is 0 Å². The van der Waals surface area contributed by atoms with Crippen LogP contribution in [0.3, 0.4) is 0 Å². The first-order valence-electron chi connectivity index (χ1n) is 7.66. The number of nitrogens with two attached hydrogens (primary N) is 1. The molecule has 0 aromatic carbocycles. The second kappa shape index (κ2) is 9.26. The van der Waals surface area contributed by atoms with Crippen LogP contribution in [0.4, 0.5) is 0 Å². The number of hydrogen-bond acceptors (Lipinski definition) is 3. The lowest BCUT2D eigenvalue weighted by Crippen LogP contribution is -2.51. The summed E-state index contributed by atoms with van der Waals surface area (Å²) in [6.45, 7) is 9.40. The highest BCUT2D eigenvalue weighted by molar-refractivity contribution is 5.85. The van der Waals surface area contributed by atoms with Crippen LogP contribution in [-0.2, 0) is 9.59 Å². The number of nitrogens with one attached hydrogen (secondary N) is 1. The van der Waals surface area contributed by atoms with E-state index in [4.69, 9.17) is 5.73 Å². The van der Waals surface area contributed by atoms with Crippen LogP contribution in [0.5, 0.6) is 0 Å². The van der Waals surface area contributed by atoms with Crippen molar-refractivity contribution in [2.75, 3.05) is 13.1 Å². The van der Waals surface area contributed by atoms with Crippen LogP contribution in [0.1, 0.15) is 47.0 Å². The first kappa shape index (κ1) is 20.2. The van der Waals surface area contributed by atoms with Crippen molar-refractivity contribution in [3.8, 4) is 0 Å². The highest BCUT2D eigenvalue weighted by Crippen LogP contribution is 2.13. The van der Waals surface area contributed by atoms with E-state index < -0.39 is 6.04 Å². The molecule has 0 aliphatic carbocycles. The van der Waals surface area contributed by atoms with Crippen molar-refractivity contribution in [2.24, 2.45) is 17.6 Å². The molecule has 1 rings (SSSR count). The van der Waals surface area contributed by atoms with Gasteiger partial charge >= 0.3 is 0 Å². The number of carbonyl (C=O) groups is 2. The summed E-state index contributed by atoms with van der Waals surface area (Å²) in [5.74, 6) is 0.598. The van der Waals surface area contributed by atoms with Crippen LogP contribution >= 0.6 is 12.4 Å². The fourth-order valence-electron chi connectivity index (χ4n) is 2.53. The van der Waals surface area contributed by atoms with Gasteiger partial charge in [-0.2, -0.15) is 0 Å².